The van der Waals surface area contributed by atoms with Gasteiger partial charge in [0.15, 0.2) is 0 Å². The summed E-state index contributed by atoms with van der Waals surface area (Å²) in [4.78, 5) is 16.0. The first kappa shape index (κ1) is 14.4. The van der Waals surface area contributed by atoms with Crippen LogP contribution in [0.25, 0.3) is 33.4 Å². The number of rotatable bonds is 2. The van der Waals surface area contributed by atoms with E-state index in [-0.39, 0.29) is 0 Å². The number of fused-ring (bicyclic) bond motifs is 1. The van der Waals surface area contributed by atoms with Crippen LogP contribution < -0.4 is 0 Å². The third-order valence-corrected chi connectivity index (χ3v) is 3.95. The molecule has 4 aromatic rings. The van der Waals surface area contributed by atoms with Gasteiger partial charge in [-0.1, -0.05) is 23.7 Å². The molecule has 6 heteroatoms. The third kappa shape index (κ3) is 2.39. The molecular weight excluding hydrogens is 322 g/mol. The molecule has 0 saturated carbocycles. The molecule has 3 aromatic heterocycles. The lowest BCUT2D eigenvalue weighted by Gasteiger charge is -2.05. The first-order valence-electron chi connectivity index (χ1n) is 7.20. The van der Waals surface area contributed by atoms with E-state index in [0.717, 1.165) is 33.4 Å². The zero-order valence-electron chi connectivity index (χ0n) is 12.4. The van der Waals surface area contributed by atoms with Crippen LogP contribution in [-0.2, 0) is 0 Å². The summed E-state index contributed by atoms with van der Waals surface area (Å²) >= 11 is 6.16. The molecule has 0 bridgehead atoms. The number of nitrogens with zero attached hydrogens (tertiary/aromatic N) is 4. The first-order chi connectivity index (χ1) is 11.8. The minimum absolute atomic E-state index is 0.362. The normalized spacial score (nSPS) is 10.7. The van der Waals surface area contributed by atoms with Crippen molar-refractivity contribution in [2.75, 3.05) is 0 Å². The minimum Gasteiger partial charge on any atom is -0.353 e. The molecule has 0 aliphatic heterocycles. The van der Waals surface area contributed by atoms with Crippen LogP contribution in [0, 0.1) is 11.3 Å². The summed E-state index contributed by atoms with van der Waals surface area (Å²) in [7, 11) is 0. The van der Waals surface area contributed by atoms with Crippen molar-refractivity contribution in [1.82, 2.24) is 19.9 Å². The van der Waals surface area contributed by atoms with Crippen LogP contribution >= 0.6 is 11.6 Å². The SMILES string of the molecule is N#Cc1ccc2[nH]c(-c3cncnc3)c(-c3cccc(Cl)c3)c2n1. The molecule has 0 amide bonds. The molecule has 5 nitrogen and oxygen atoms in total. The van der Waals surface area contributed by atoms with Crippen molar-refractivity contribution in [2.24, 2.45) is 0 Å². The lowest BCUT2D eigenvalue weighted by Crippen LogP contribution is -1.87. The number of aromatic amines is 1. The average molecular weight is 332 g/mol. The van der Waals surface area contributed by atoms with Gasteiger partial charge < -0.3 is 4.98 Å². The van der Waals surface area contributed by atoms with Crippen molar-refractivity contribution in [3.8, 4) is 28.5 Å². The molecule has 1 N–H and O–H groups in total. The molecule has 3 heterocycles. The van der Waals surface area contributed by atoms with Crippen LogP contribution in [0.15, 0.2) is 55.1 Å². The van der Waals surface area contributed by atoms with Gasteiger partial charge in [-0.3, -0.25) is 0 Å². The van der Waals surface area contributed by atoms with Crippen LogP contribution in [0.5, 0.6) is 0 Å². The number of nitrogens with one attached hydrogen (secondary N) is 1. The molecule has 1 aromatic carbocycles. The summed E-state index contributed by atoms with van der Waals surface area (Å²) < 4.78 is 0. The fourth-order valence-corrected chi connectivity index (χ4v) is 2.89. The quantitative estimate of drug-likeness (QED) is 0.596. The molecular formula is C18H10ClN5. The van der Waals surface area contributed by atoms with Crippen molar-refractivity contribution in [2.45, 2.75) is 0 Å². The summed E-state index contributed by atoms with van der Waals surface area (Å²) in [5.74, 6) is 0. The number of hydrogen-bond donors (Lipinski definition) is 1. The summed E-state index contributed by atoms with van der Waals surface area (Å²) in [6.07, 6.45) is 4.95. The second-order valence-electron chi connectivity index (χ2n) is 5.22. The monoisotopic (exact) mass is 331 g/mol. The van der Waals surface area contributed by atoms with Crippen LogP contribution in [0.2, 0.25) is 5.02 Å². The van der Waals surface area contributed by atoms with Crippen molar-refractivity contribution >= 4 is 22.6 Å². The summed E-state index contributed by atoms with van der Waals surface area (Å²) in [6.45, 7) is 0. The Kier molecular flexibility index (Phi) is 3.45. The van der Waals surface area contributed by atoms with Gasteiger partial charge in [0.25, 0.3) is 0 Å². The Morgan fingerprint density at radius 1 is 1.04 bits per heavy atom. The standard InChI is InChI=1S/C18H10ClN5/c19-13-3-1-2-11(6-13)16-17(12-8-21-10-22-9-12)24-15-5-4-14(7-20)23-18(15)16/h1-6,8-10,24H. The smallest absolute Gasteiger partial charge is 0.141 e. The number of halogens is 1. The maximum atomic E-state index is 9.16. The molecule has 0 atom stereocenters. The van der Waals surface area contributed by atoms with E-state index < -0.39 is 0 Å². The van der Waals surface area contributed by atoms with Gasteiger partial charge in [0.1, 0.15) is 18.1 Å². The highest BCUT2D eigenvalue weighted by Gasteiger charge is 2.17. The van der Waals surface area contributed by atoms with Gasteiger partial charge in [-0.25, -0.2) is 15.0 Å². The molecule has 114 valence electrons. The number of benzene rings is 1. The van der Waals surface area contributed by atoms with Gasteiger partial charge in [-0.2, -0.15) is 5.26 Å². The van der Waals surface area contributed by atoms with E-state index in [4.69, 9.17) is 16.9 Å². The van der Waals surface area contributed by atoms with E-state index in [9.17, 15) is 0 Å². The predicted molar refractivity (Wildman–Crippen MR) is 92.3 cm³/mol. The largest absolute Gasteiger partial charge is 0.353 e. The van der Waals surface area contributed by atoms with E-state index in [1.807, 2.05) is 30.3 Å². The molecule has 0 aliphatic carbocycles. The number of hydrogen-bond acceptors (Lipinski definition) is 4. The summed E-state index contributed by atoms with van der Waals surface area (Å²) in [5.41, 5.74) is 5.38. The van der Waals surface area contributed by atoms with E-state index in [1.54, 1.807) is 18.5 Å². The number of nitriles is 1. The molecule has 0 saturated heterocycles. The van der Waals surface area contributed by atoms with Crippen molar-refractivity contribution in [3.05, 3.63) is 65.8 Å². The topological polar surface area (TPSA) is 78.2 Å². The van der Waals surface area contributed by atoms with Gasteiger partial charge >= 0.3 is 0 Å². The Morgan fingerprint density at radius 3 is 2.62 bits per heavy atom. The maximum Gasteiger partial charge on any atom is 0.141 e. The molecule has 0 unspecified atom stereocenters. The van der Waals surface area contributed by atoms with Crippen LogP contribution in [0.3, 0.4) is 0 Å². The van der Waals surface area contributed by atoms with Crippen molar-refractivity contribution in [1.29, 1.82) is 5.26 Å². The Hall–Kier alpha value is -3.23. The Balaban J connectivity index is 2.09. The highest BCUT2D eigenvalue weighted by molar-refractivity contribution is 6.31. The van der Waals surface area contributed by atoms with Gasteiger partial charge in [0, 0.05) is 28.5 Å². The maximum absolute atomic E-state index is 9.16. The van der Waals surface area contributed by atoms with E-state index in [2.05, 4.69) is 26.0 Å². The first-order valence-corrected chi connectivity index (χ1v) is 7.58. The fraction of sp³-hybridized carbons (Fsp3) is 0. The number of aromatic nitrogens is 4. The highest BCUT2D eigenvalue weighted by Crippen LogP contribution is 2.37. The lowest BCUT2D eigenvalue weighted by atomic mass is 10.0. The van der Waals surface area contributed by atoms with Crippen molar-refractivity contribution in [3.63, 3.8) is 0 Å². The molecule has 0 aliphatic rings. The van der Waals surface area contributed by atoms with Gasteiger partial charge in [0.2, 0.25) is 0 Å². The Labute approximate surface area is 142 Å². The van der Waals surface area contributed by atoms with Crippen LogP contribution in [0.4, 0.5) is 0 Å². The number of H-pyrrole nitrogens is 1. The Bertz CT molecular complexity index is 1080. The second kappa shape index (κ2) is 5.76. The second-order valence-corrected chi connectivity index (χ2v) is 5.65. The fourth-order valence-electron chi connectivity index (χ4n) is 2.70. The van der Waals surface area contributed by atoms with Gasteiger partial charge in [0.05, 0.1) is 16.7 Å². The van der Waals surface area contributed by atoms with Crippen LogP contribution in [0.1, 0.15) is 5.69 Å². The predicted octanol–water partition coefficient (Wildman–Crippen LogP) is 4.21. The summed E-state index contributed by atoms with van der Waals surface area (Å²) in [5, 5.41) is 9.80. The van der Waals surface area contributed by atoms with Crippen LogP contribution in [-0.4, -0.2) is 19.9 Å². The zero-order chi connectivity index (χ0) is 16.5. The summed E-state index contributed by atoms with van der Waals surface area (Å²) in [6, 6.07) is 13.2. The van der Waals surface area contributed by atoms with Crippen molar-refractivity contribution < 1.29 is 0 Å². The number of pyridine rings is 1. The average Bonchev–Trinajstić information content (AvgIpc) is 3.01. The van der Waals surface area contributed by atoms with E-state index >= 15 is 0 Å². The zero-order valence-corrected chi connectivity index (χ0v) is 13.1. The Morgan fingerprint density at radius 2 is 1.88 bits per heavy atom. The highest BCUT2D eigenvalue weighted by atomic mass is 35.5. The third-order valence-electron chi connectivity index (χ3n) is 3.72. The molecule has 4 rings (SSSR count). The van der Waals surface area contributed by atoms with Gasteiger partial charge in [-0.15, -0.1) is 0 Å². The van der Waals surface area contributed by atoms with Gasteiger partial charge in [-0.05, 0) is 29.8 Å². The van der Waals surface area contributed by atoms with E-state index in [1.165, 1.54) is 6.33 Å². The van der Waals surface area contributed by atoms with E-state index in [0.29, 0.717) is 10.7 Å². The molecule has 0 spiro atoms. The molecule has 0 fully saturated rings. The molecule has 24 heavy (non-hydrogen) atoms. The minimum atomic E-state index is 0.362. The molecule has 0 radical (unpaired) electrons. The lowest BCUT2D eigenvalue weighted by molar-refractivity contribution is 1.16.